The maximum atomic E-state index is 11.7. The summed E-state index contributed by atoms with van der Waals surface area (Å²) in [5, 5.41) is 5.56. The molecule has 0 unspecified atom stereocenters. The number of aryl methyl sites for hydroxylation is 1. The molecule has 0 saturated carbocycles. The number of nitrogens with one attached hydrogen (secondary N) is 2. The summed E-state index contributed by atoms with van der Waals surface area (Å²) >= 11 is 0. The molecule has 4 nitrogen and oxygen atoms in total. The lowest BCUT2D eigenvalue weighted by molar-refractivity contribution is 0.252. The third kappa shape index (κ3) is 4.31. The van der Waals surface area contributed by atoms with Crippen LogP contribution in [0.15, 0.2) is 54.6 Å². The number of hydrogen-bond donors (Lipinski definition) is 3. The molecular weight excluding hydrogens is 250 g/mol. The first kappa shape index (κ1) is 13.9. The summed E-state index contributed by atoms with van der Waals surface area (Å²) in [4.78, 5) is 11.7. The van der Waals surface area contributed by atoms with Crippen LogP contribution in [0.5, 0.6) is 0 Å². The van der Waals surface area contributed by atoms with E-state index in [0.29, 0.717) is 17.9 Å². The highest BCUT2D eigenvalue weighted by molar-refractivity contribution is 5.92. The lowest BCUT2D eigenvalue weighted by Gasteiger charge is -2.09. The average molecular weight is 269 g/mol. The molecule has 4 N–H and O–H groups in total. The summed E-state index contributed by atoms with van der Waals surface area (Å²) in [5.41, 5.74) is 8.23. The first-order valence-electron chi connectivity index (χ1n) is 6.69. The van der Waals surface area contributed by atoms with Gasteiger partial charge in [0.2, 0.25) is 0 Å². The lowest BCUT2D eigenvalue weighted by atomic mass is 10.1. The lowest BCUT2D eigenvalue weighted by Crippen LogP contribution is -2.30. The van der Waals surface area contributed by atoms with Gasteiger partial charge in [0.25, 0.3) is 0 Å². The summed E-state index contributed by atoms with van der Waals surface area (Å²) < 4.78 is 0. The van der Waals surface area contributed by atoms with Crippen LogP contribution in [0, 0.1) is 0 Å². The maximum absolute atomic E-state index is 11.7. The van der Waals surface area contributed by atoms with Crippen molar-refractivity contribution in [2.45, 2.75) is 12.8 Å². The van der Waals surface area contributed by atoms with Crippen molar-refractivity contribution in [2.24, 2.45) is 0 Å². The van der Waals surface area contributed by atoms with Crippen molar-refractivity contribution in [1.82, 2.24) is 5.32 Å². The Bertz CT molecular complexity index is 555. The molecule has 0 bridgehead atoms. The molecule has 0 heterocycles. The number of carbonyl (C=O) groups is 1. The smallest absolute Gasteiger partial charge is 0.319 e. The van der Waals surface area contributed by atoms with Gasteiger partial charge in [0.15, 0.2) is 0 Å². The predicted molar refractivity (Wildman–Crippen MR) is 82.6 cm³/mol. The molecule has 2 aromatic rings. The molecule has 2 aromatic carbocycles. The summed E-state index contributed by atoms with van der Waals surface area (Å²) in [7, 11) is 0. The zero-order valence-electron chi connectivity index (χ0n) is 11.3. The van der Waals surface area contributed by atoms with Gasteiger partial charge >= 0.3 is 6.03 Å². The molecule has 0 aliphatic rings. The highest BCUT2D eigenvalue weighted by Crippen LogP contribution is 2.16. The second-order valence-corrected chi connectivity index (χ2v) is 4.56. The number of hydrogen-bond acceptors (Lipinski definition) is 2. The summed E-state index contributed by atoms with van der Waals surface area (Å²) in [6.45, 7) is 0.632. The molecule has 20 heavy (non-hydrogen) atoms. The van der Waals surface area contributed by atoms with Gasteiger partial charge in [-0.2, -0.15) is 0 Å². The molecule has 4 heteroatoms. The zero-order chi connectivity index (χ0) is 14.2. The van der Waals surface area contributed by atoms with Gasteiger partial charge in [-0.25, -0.2) is 4.79 Å². The number of rotatable bonds is 5. The summed E-state index contributed by atoms with van der Waals surface area (Å²) in [6, 6.07) is 17.2. The van der Waals surface area contributed by atoms with Gasteiger partial charge in [-0.05, 0) is 30.5 Å². The molecule has 2 rings (SSSR count). The predicted octanol–water partition coefficient (Wildman–Crippen LogP) is 3.02. The Hall–Kier alpha value is -2.49. The Balaban J connectivity index is 1.69. The fourth-order valence-corrected chi connectivity index (χ4v) is 1.92. The Kier molecular flexibility index (Phi) is 5.00. The fourth-order valence-electron chi connectivity index (χ4n) is 1.92. The average Bonchev–Trinajstić information content (AvgIpc) is 2.47. The Morgan fingerprint density at radius 2 is 1.70 bits per heavy atom. The quantitative estimate of drug-likeness (QED) is 0.577. The SMILES string of the molecule is Nc1ccccc1NC(=O)NCCCc1ccccc1. The maximum Gasteiger partial charge on any atom is 0.319 e. The number of anilines is 2. The first-order valence-corrected chi connectivity index (χ1v) is 6.69. The van der Waals surface area contributed by atoms with Gasteiger partial charge in [0, 0.05) is 6.54 Å². The minimum Gasteiger partial charge on any atom is -0.397 e. The van der Waals surface area contributed by atoms with Crippen LogP contribution in [0.4, 0.5) is 16.2 Å². The Labute approximate surface area is 119 Å². The monoisotopic (exact) mass is 269 g/mol. The van der Waals surface area contributed by atoms with Crippen LogP contribution in [-0.4, -0.2) is 12.6 Å². The van der Waals surface area contributed by atoms with Crippen molar-refractivity contribution in [2.75, 3.05) is 17.6 Å². The van der Waals surface area contributed by atoms with Crippen LogP contribution in [0.3, 0.4) is 0 Å². The van der Waals surface area contributed by atoms with E-state index in [1.165, 1.54) is 5.56 Å². The van der Waals surface area contributed by atoms with E-state index >= 15 is 0 Å². The van der Waals surface area contributed by atoms with Crippen molar-refractivity contribution in [3.63, 3.8) is 0 Å². The van der Waals surface area contributed by atoms with Gasteiger partial charge in [-0.3, -0.25) is 0 Å². The van der Waals surface area contributed by atoms with Crippen molar-refractivity contribution in [3.05, 3.63) is 60.2 Å². The minimum absolute atomic E-state index is 0.226. The molecule has 0 fully saturated rings. The zero-order valence-corrected chi connectivity index (χ0v) is 11.3. The highest BCUT2D eigenvalue weighted by atomic mass is 16.2. The molecule has 2 amide bonds. The molecule has 0 aromatic heterocycles. The third-order valence-corrected chi connectivity index (χ3v) is 2.98. The molecule has 0 radical (unpaired) electrons. The van der Waals surface area contributed by atoms with Gasteiger partial charge in [-0.15, -0.1) is 0 Å². The third-order valence-electron chi connectivity index (χ3n) is 2.98. The van der Waals surface area contributed by atoms with E-state index in [0.717, 1.165) is 12.8 Å². The van der Waals surface area contributed by atoms with Crippen molar-refractivity contribution >= 4 is 17.4 Å². The number of carbonyl (C=O) groups excluding carboxylic acids is 1. The number of nitrogens with two attached hydrogens (primary N) is 1. The number of urea groups is 1. The summed E-state index contributed by atoms with van der Waals surface area (Å²) in [6.07, 6.45) is 1.86. The van der Waals surface area contributed by atoms with E-state index in [4.69, 9.17) is 5.73 Å². The van der Waals surface area contributed by atoms with Gasteiger partial charge < -0.3 is 16.4 Å². The second kappa shape index (κ2) is 7.19. The molecular formula is C16H19N3O. The Morgan fingerprint density at radius 3 is 2.45 bits per heavy atom. The Morgan fingerprint density at radius 1 is 1.00 bits per heavy atom. The molecule has 0 aliphatic carbocycles. The number of nitrogen functional groups attached to an aromatic ring is 1. The molecule has 0 aliphatic heterocycles. The van der Waals surface area contributed by atoms with Crippen LogP contribution in [0.1, 0.15) is 12.0 Å². The topological polar surface area (TPSA) is 67.1 Å². The number of benzene rings is 2. The van der Waals surface area contributed by atoms with Crippen LogP contribution < -0.4 is 16.4 Å². The van der Waals surface area contributed by atoms with E-state index in [2.05, 4.69) is 22.8 Å². The highest BCUT2D eigenvalue weighted by Gasteiger charge is 2.03. The standard InChI is InChI=1S/C16H19N3O/c17-14-10-4-5-11-15(14)19-16(20)18-12-6-9-13-7-2-1-3-8-13/h1-5,7-8,10-11H,6,9,12,17H2,(H2,18,19,20). The first-order chi connectivity index (χ1) is 9.75. The van der Waals surface area contributed by atoms with Crippen LogP contribution in [0.25, 0.3) is 0 Å². The molecule has 104 valence electrons. The van der Waals surface area contributed by atoms with Gasteiger partial charge in [0.1, 0.15) is 0 Å². The summed E-state index contributed by atoms with van der Waals surface area (Å²) in [5.74, 6) is 0. The number of para-hydroxylation sites is 2. The fraction of sp³-hybridized carbons (Fsp3) is 0.188. The van der Waals surface area contributed by atoms with E-state index in [1.54, 1.807) is 12.1 Å². The largest absolute Gasteiger partial charge is 0.397 e. The van der Waals surface area contributed by atoms with Gasteiger partial charge in [-0.1, -0.05) is 42.5 Å². The minimum atomic E-state index is -0.226. The van der Waals surface area contributed by atoms with Crippen LogP contribution >= 0.6 is 0 Å². The van der Waals surface area contributed by atoms with E-state index < -0.39 is 0 Å². The van der Waals surface area contributed by atoms with Gasteiger partial charge in [0.05, 0.1) is 11.4 Å². The molecule has 0 saturated heterocycles. The molecule has 0 spiro atoms. The van der Waals surface area contributed by atoms with Crippen LogP contribution in [0.2, 0.25) is 0 Å². The van der Waals surface area contributed by atoms with Crippen molar-refractivity contribution in [1.29, 1.82) is 0 Å². The van der Waals surface area contributed by atoms with E-state index in [9.17, 15) is 4.79 Å². The normalized spacial score (nSPS) is 10.0. The number of amides is 2. The van der Waals surface area contributed by atoms with Crippen molar-refractivity contribution in [3.8, 4) is 0 Å². The molecule has 0 atom stereocenters. The van der Waals surface area contributed by atoms with E-state index in [1.807, 2.05) is 30.3 Å². The van der Waals surface area contributed by atoms with Crippen LogP contribution in [-0.2, 0) is 6.42 Å². The second-order valence-electron chi connectivity index (χ2n) is 4.56. The van der Waals surface area contributed by atoms with E-state index in [-0.39, 0.29) is 6.03 Å². The van der Waals surface area contributed by atoms with Crippen molar-refractivity contribution < 1.29 is 4.79 Å².